The zero-order chi connectivity index (χ0) is 18.0. The highest BCUT2D eigenvalue weighted by atomic mass is 16.5. The summed E-state index contributed by atoms with van der Waals surface area (Å²) in [5.41, 5.74) is 3.21. The van der Waals surface area contributed by atoms with Gasteiger partial charge in [-0.1, -0.05) is 39.8 Å². The van der Waals surface area contributed by atoms with Gasteiger partial charge < -0.3 is 14.9 Å². The number of hydrogen-bond acceptors (Lipinski definition) is 3. The summed E-state index contributed by atoms with van der Waals surface area (Å²) in [4.78, 5) is 0. The molecule has 1 spiro atoms. The summed E-state index contributed by atoms with van der Waals surface area (Å²) in [6.45, 7) is 8.99. The number of phenols is 2. The van der Waals surface area contributed by atoms with E-state index in [4.69, 9.17) is 4.74 Å². The Kier molecular flexibility index (Phi) is 3.22. The number of benzene rings is 2. The van der Waals surface area contributed by atoms with Gasteiger partial charge in [-0.3, -0.25) is 0 Å². The lowest BCUT2D eigenvalue weighted by Crippen LogP contribution is -2.53. The van der Waals surface area contributed by atoms with Gasteiger partial charge in [0.2, 0.25) is 0 Å². The zero-order valence-electron chi connectivity index (χ0n) is 15.4. The summed E-state index contributed by atoms with van der Waals surface area (Å²) < 4.78 is 6.57. The van der Waals surface area contributed by atoms with Crippen LogP contribution in [-0.2, 0) is 17.3 Å². The van der Waals surface area contributed by atoms with Crippen molar-refractivity contribution >= 4 is 0 Å². The summed E-state index contributed by atoms with van der Waals surface area (Å²) in [6, 6.07) is 11.2. The number of fused-ring (bicyclic) bond motifs is 2. The number of phenolic OH excluding ortho intramolecular Hbond substituents is 2. The van der Waals surface area contributed by atoms with Crippen LogP contribution in [0.1, 0.15) is 57.2 Å². The van der Waals surface area contributed by atoms with E-state index >= 15 is 0 Å². The second kappa shape index (κ2) is 4.94. The highest BCUT2D eigenvalue weighted by Gasteiger charge is 2.51. The highest BCUT2D eigenvalue weighted by Crippen LogP contribution is 2.53. The molecule has 132 valence electrons. The maximum absolute atomic E-state index is 9.97. The molecule has 0 saturated heterocycles. The Hall–Kier alpha value is -2.16. The molecule has 1 atom stereocenters. The summed E-state index contributed by atoms with van der Waals surface area (Å²) >= 11 is 0. The molecule has 1 aliphatic heterocycles. The number of aromatic hydroxyl groups is 2. The van der Waals surface area contributed by atoms with E-state index in [1.165, 1.54) is 5.56 Å². The SMILES string of the molecule is CC1(C)CC2(Cc3cc(O)ccc31)CC(C)(C)c1ccc(O)cc1O2. The van der Waals surface area contributed by atoms with Crippen molar-refractivity contribution in [2.24, 2.45) is 0 Å². The molecule has 25 heavy (non-hydrogen) atoms. The Morgan fingerprint density at radius 3 is 2.04 bits per heavy atom. The first-order valence-corrected chi connectivity index (χ1v) is 8.95. The van der Waals surface area contributed by atoms with Gasteiger partial charge in [0.1, 0.15) is 22.8 Å². The van der Waals surface area contributed by atoms with Crippen molar-refractivity contribution in [1.29, 1.82) is 0 Å². The molecule has 0 amide bonds. The Bertz CT molecular complexity index is 777. The van der Waals surface area contributed by atoms with Gasteiger partial charge in [-0.2, -0.15) is 0 Å². The molecule has 0 bridgehead atoms. The first-order chi connectivity index (χ1) is 11.6. The van der Waals surface area contributed by atoms with Gasteiger partial charge in [-0.05, 0) is 53.0 Å². The van der Waals surface area contributed by atoms with Crippen molar-refractivity contribution in [3.8, 4) is 17.2 Å². The number of ether oxygens (including phenoxy) is 1. The smallest absolute Gasteiger partial charge is 0.127 e. The zero-order valence-corrected chi connectivity index (χ0v) is 15.4. The van der Waals surface area contributed by atoms with Crippen LogP contribution in [0, 0.1) is 0 Å². The van der Waals surface area contributed by atoms with Crippen LogP contribution >= 0.6 is 0 Å². The minimum absolute atomic E-state index is 0.0360. The van der Waals surface area contributed by atoms with E-state index in [0.717, 1.165) is 36.1 Å². The van der Waals surface area contributed by atoms with Gasteiger partial charge in [0.25, 0.3) is 0 Å². The van der Waals surface area contributed by atoms with Crippen LogP contribution in [0.3, 0.4) is 0 Å². The maximum atomic E-state index is 9.97. The fourth-order valence-electron chi connectivity index (χ4n) is 5.22. The Balaban J connectivity index is 1.84. The molecule has 3 nitrogen and oxygen atoms in total. The molecule has 0 saturated carbocycles. The van der Waals surface area contributed by atoms with Crippen molar-refractivity contribution in [2.75, 3.05) is 0 Å². The summed E-state index contributed by atoms with van der Waals surface area (Å²) in [6.07, 6.45) is 2.60. The molecule has 2 N–H and O–H groups in total. The number of hydrogen-bond donors (Lipinski definition) is 2. The van der Waals surface area contributed by atoms with Gasteiger partial charge in [-0.15, -0.1) is 0 Å². The van der Waals surface area contributed by atoms with Crippen molar-refractivity contribution < 1.29 is 14.9 Å². The minimum Gasteiger partial charge on any atom is -0.508 e. The van der Waals surface area contributed by atoms with Gasteiger partial charge in [0, 0.05) is 18.1 Å². The predicted molar refractivity (Wildman–Crippen MR) is 98.6 cm³/mol. The van der Waals surface area contributed by atoms with Crippen molar-refractivity contribution in [2.45, 2.75) is 63.4 Å². The van der Waals surface area contributed by atoms with E-state index in [1.807, 2.05) is 18.2 Å². The fourth-order valence-corrected chi connectivity index (χ4v) is 5.22. The van der Waals surface area contributed by atoms with Crippen molar-refractivity contribution in [1.82, 2.24) is 0 Å². The standard InChI is InChI=1S/C22H26O3/c1-20(2)12-22(11-14-9-15(23)5-7-17(14)20)13-21(3,4)18-8-6-16(24)10-19(18)25-22/h5-10,23-24H,11-13H2,1-4H3. The lowest BCUT2D eigenvalue weighted by Gasteiger charge is -2.52. The van der Waals surface area contributed by atoms with Crippen LogP contribution in [0.5, 0.6) is 17.2 Å². The van der Waals surface area contributed by atoms with Crippen LogP contribution in [-0.4, -0.2) is 15.8 Å². The maximum Gasteiger partial charge on any atom is 0.127 e. The average Bonchev–Trinajstić information content (AvgIpc) is 2.43. The molecule has 0 fully saturated rings. The Labute approximate surface area is 149 Å². The molecule has 0 aromatic heterocycles. The summed E-state index contributed by atoms with van der Waals surface area (Å²) in [7, 11) is 0. The molecule has 1 heterocycles. The Morgan fingerprint density at radius 2 is 1.36 bits per heavy atom. The van der Waals surface area contributed by atoms with E-state index in [9.17, 15) is 10.2 Å². The lowest BCUT2D eigenvalue weighted by molar-refractivity contribution is -0.0120. The molecule has 1 aliphatic carbocycles. The molecule has 1 unspecified atom stereocenters. The van der Waals surface area contributed by atoms with Crippen LogP contribution in [0.15, 0.2) is 36.4 Å². The summed E-state index contributed by atoms with van der Waals surface area (Å²) in [5.74, 6) is 1.33. The fraction of sp³-hybridized carbons (Fsp3) is 0.455. The van der Waals surface area contributed by atoms with Gasteiger partial charge in [-0.25, -0.2) is 0 Å². The summed E-state index contributed by atoms with van der Waals surface area (Å²) in [5, 5.41) is 19.9. The highest BCUT2D eigenvalue weighted by molar-refractivity contribution is 5.49. The molecule has 2 aliphatic rings. The second-order valence-electron chi connectivity index (χ2n) is 9.11. The minimum atomic E-state index is -0.325. The quantitative estimate of drug-likeness (QED) is 0.724. The largest absolute Gasteiger partial charge is 0.508 e. The van der Waals surface area contributed by atoms with Crippen LogP contribution in [0.4, 0.5) is 0 Å². The van der Waals surface area contributed by atoms with E-state index in [0.29, 0.717) is 5.75 Å². The van der Waals surface area contributed by atoms with Crippen LogP contribution in [0.25, 0.3) is 0 Å². The van der Waals surface area contributed by atoms with E-state index in [1.54, 1.807) is 18.2 Å². The average molecular weight is 338 g/mol. The molecular weight excluding hydrogens is 312 g/mol. The van der Waals surface area contributed by atoms with Gasteiger partial charge >= 0.3 is 0 Å². The first-order valence-electron chi connectivity index (χ1n) is 8.95. The molecule has 2 aromatic rings. The second-order valence-corrected chi connectivity index (χ2v) is 9.11. The molecule has 4 rings (SSSR count). The Morgan fingerprint density at radius 1 is 0.800 bits per heavy atom. The van der Waals surface area contributed by atoms with Crippen LogP contribution in [0.2, 0.25) is 0 Å². The molecule has 3 heteroatoms. The van der Waals surface area contributed by atoms with Crippen LogP contribution < -0.4 is 4.74 Å². The molecule has 2 aromatic carbocycles. The third kappa shape index (κ3) is 2.57. The predicted octanol–water partition coefficient (Wildman–Crippen LogP) is 4.82. The monoisotopic (exact) mass is 338 g/mol. The van der Waals surface area contributed by atoms with E-state index < -0.39 is 0 Å². The topological polar surface area (TPSA) is 49.7 Å². The first kappa shape index (κ1) is 16.3. The third-order valence-electron chi connectivity index (χ3n) is 5.88. The molecular formula is C22H26O3. The third-order valence-corrected chi connectivity index (χ3v) is 5.88. The normalized spacial score (nSPS) is 25.8. The van der Waals surface area contributed by atoms with E-state index in [2.05, 4.69) is 27.7 Å². The van der Waals surface area contributed by atoms with E-state index in [-0.39, 0.29) is 22.2 Å². The molecule has 0 radical (unpaired) electrons. The number of rotatable bonds is 0. The van der Waals surface area contributed by atoms with Gasteiger partial charge in [0.05, 0.1) is 0 Å². The van der Waals surface area contributed by atoms with Crippen molar-refractivity contribution in [3.63, 3.8) is 0 Å². The van der Waals surface area contributed by atoms with Gasteiger partial charge in [0.15, 0.2) is 0 Å². The lowest BCUT2D eigenvalue weighted by atomic mass is 9.60. The van der Waals surface area contributed by atoms with Crippen molar-refractivity contribution in [3.05, 3.63) is 53.1 Å².